The molecular formula is C24H24Cl2N4O. The van der Waals surface area contributed by atoms with Crippen LogP contribution >= 0.6 is 23.2 Å². The van der Waals surface area contributed by atoms with Gasteiger partial charge in [-0.05, 0) is 62.2 Å². The molecule has 2 aliphatic heterocycles. The Kier molecular flexibility index (Phi) is 5.40. The van der Waals surface area contributed by atoms with E-state index in [1.54, 1.807) is 0 Å². The summed E-state index contributed by atoms with van der Waals surface area (Å²) in [4.78, 5) is 25.9. The predicted octanol–water partition coefficient (Wildman–Crippen LogP) is 5.50. The van der Waals surface area contributed by atoms with Crippen LogP contribution in [0.1, 0.15) is 24.4 Å². The fraction of sp³-hybridized carbons (Fsp3) is 0.333. The largest absolute Gasteiger partial charge is 0.371 e. The summed E-state index contributed by atoms with van der Waals surface area (Å²) in [6.45, 7) is 4.31. The van der Waals surface area contributed by atoms with E-state index in [2.05, 4.69) is 14.9 Å². The summed E-state index contributed by atoms with van der Waals surface area (Å²) in [6, 6.07) is 13.6. The lowest BCUT2D eigenvalue weighted by molar-refractivity contribution is -0.122. The molecule has 1 N–H and O–H groups in total. The van der Waals surface area contributed by atoms with E-state index >= 15 is 0 Å². The molecule has 2 aromatic carbocycles. The smallest absolute Gasteiger partial charge is 0.230 e. The van der Waals surface area contributed by atoms with Crippen molar-refractivity contribution in [2.75, 3.05) is 29.4 Å². The van der Waals surface area contributed by atoms with Gasteiger partial charge in [0.15, 0.2) is 0 Å². The summed E-state index contributed by atoms with van der Waals surface area (Å²) in [5, 5.41) is 1.39. The first-order valence-corrected chi connectivity index (χ1v) is 11.4. The molecule has 0 atom stereocenters. The molecule has 7 heteroatoms. The Bertz CT molecular complexity index is 1120. The number of carbonyl (C=O) groups excluding carboxylic acids is 1. The summed E-state index contributed by atoms with van der Waals surface area (Å²) in [5.74, 6) is 1.09. The van der Waals surface area contributed by atoms with E-state index in [4.69, 9.17) is 23.2 Å². The Labute approximate surface area is 192 Å². The highest BCUT2D eigenvalue weighted by atomic mass is 35.5. The predicted molar refractivity (Wildman–Crippen MR) is 126 cm³/mol. The molecule has 0 aliphatic carbocycles. The summed E-state index contributed by atoms with van der Waals surface area (Å²) in [7, 11) is 0. The van der Waals surface area contributed by atoms with Gasteiger partial charge in [-0.2, -0.15) is 0 Å². The van der Waals surface area contributed by atoms with E-state index < -0.39 is 0 Å². The molecule has 0 radical (unpaired) electrons. The van der Waals surface area contributed by atoms with Gasteiger partial charge in [-0.15, -0.1) is 0 Å². The molecule has 0 unspecified atom stereocenters. The topological polar surface area (TPSA) is 52.2 Å². The molecule has 2 aliphatic rings. The van der Waals surface area contributed by atoms with Crippen LogP contribution in [-0.4, -0.2) is 35.5 Å². The second kappa shape index (κ2) is 8.21. The number of piperidine rings is 1. The van der Waals surface area contributed by atoms with E-state index in [9.17, 15) is 4.79 Å². The maximum absolute atomic E-state index is 13.6. The minimum atomic E-state index is 0.0122. The molecule has 0 saturated carbocycles. The number of nitrogens with one attached hydrogen (secondary N) is 1. The zero-order valence-electron chi connectivity index (χ0n) is 17.4. The van der Waals surface area contributed by atoms with Crippen LogP contribution < -0.4 is 9.80 Å². The third-order valence-electron chi connectivity index (χ3n) is 6.29. The van der Waals surface area contributed by atoms with Gasteiger partial charge in [0.2, 0.25) is 5.91 Å². The van der Waals surface area contributed by atoms with Crippen LogP contribution in [0.5, 0.6) is 0 Å². The number of anilines is 2. The highest BCUT2D eigenvalue weighted by Gasteiger charge is 2.32. The number of benzene rings is 2. The van der Waals surface area contributed by atoms with Crippen LogP contribution in [-0.2, 0) is 11.2 Å². The molecule has 160 valence electrons. The van der Waals surface area contributed by atoms with E-state index in [0.717, 1.165) is 71.5 Å². The lowest BCUT2D eigenvalue weighted by atomic mass is 9.94. The first-order valence-electron chi connectivity index (χ1n) is 10.7. The van der Waals surface area contributed by atoms with Gasteiger partial charge >= 0.3 is 0 Å². The number of rotatable bonds is 2. The molecule has 3 heterocycles. The van der Waals surface area contributed by atoms with Crippen LogP contribution in [0, 0.1) is 12.8 Å². The molecular weight excluding hydrogens is 431 g/mol. The van der Waals surface area contributed by atoms with Crippen molar-refractivity contribution in [3.05, 3.63) is 64.0 Å². The second-order valence-corrected chi connectivity index (χ2v) is 9.16. The molecule has 0 spiro atoms. The van der Waals surface area contributed by atoms with Crippen molar-refractivity contribution in [3.8, 4) is 11.3 Å². The maximum Gasteiger partial charge on any atom is 0.230 e. The normalized spacial score (nSPS) is 16.6. The average Bonchev–Trinajstić information content (AvgIpc) is 3.09. The van der Waals surface area contributed by atoms with Crippen molar-refractivity contribution in [3.63, 3.8) is 0 Å². The lowest BCUT2D eigenvalue weighted by Gasteiger charge is -2.35. The van der Waals surface area contributed by atoms with Gasteiger partial charge in [-0.25, -0.2) is 4.98 Å². The summed E-state index contributed by atoms with van der Waals surface area (Å²) in [5.41, 5.74) is 4.96. The number of aromatic amines is 1. The van der Waals surface area contributed by atoms with Crippen LogP contribution in [0.3, 0.4) is 0 Å². The molecule has 5 rings (SSSR count). The number of hydrogen-bond acceptors (Lipinski definition) is 3. The Morgan fingerprint density at radius 1 is 1.03 bits per heavy atom. The van der Waals surface area contributed by atoms with Gasteiger partial charge in [-0.1, -0.05) is 23.2 Å². The number of nitrogens with zero attached hydrogens (tertiary/aromatic N) is 3. The average molecular weight is 455 g/mol. The van der Waals surface area contributed by atoms with E-state index in [1.165, 1.54) is 0 Å². The number of imidazole rings is 1. The summed E-state index contributed by atoms with van der Waals surface area (Å²) >= 11 is 12.3. The minimum Gasteiger partial charge on any atom is -0.371 e. The number of carbonyl (C=O) groups is 1. The van der Waals surface area contributed by atoms with Gasteiger partial charge in [0, 0.05) is 59.0 Å². The Morgan fingerprint density at radius 3 is 2.48 bits per heavy atom. The monoisotopic (exact) mass is 454 g/mol. The molecule has 1 saturated heterocycles. The Balaban J connectivity index is 1.37. The fourth-order valence-electron chi connectivity index (χ4n) is 4.71. The van der Waals surface area contributed by atoms with Crippen LogP contribution in [0.2, 0.25) is 10.0 Å². The van der Waals surface area contributed by atoms with E-state index in [1.807, 2.05) is 54.3 Å². The van der Waals surface area contributed by atoms with Gasteiger partial charge in [0.05, 0.1) is 11.4 Å². The van der Waals surface area contributed by atoms with Crippen LogP contribution in [0.15, 0.2) is 42.5 Å². The van der Waals surface area contributed by atoms with Gasteiger partial charge in [-0.3, -0.25) is 4.79 Å². The lowest BCUT2D eigenvalue weighted by Crippen LogP contribution is -2.43. The number of amides is 1. The van der Waals surface area contributed by atoms with Crippen molar-refractivity contribution in [2.24, 2.45) is 5.92 Å². The standard InChI is InChI=1S/C24H24Cl2N4O/c1-15-27-21-10-13-30(22-7-4-18(26)14-20(22)23(21)28-15)24(31)16-8-11-29(12-9-16)19-5-2-17(25)3-6-19/h2-7,14,16H,8-13H2,1H3,(H,27,28). The minimum absolute atomic E-state index is 0.0122. The van der Waals surface area contributed by atoms with Crippen molar-refractivity contribution < 1.29 is 4.79 Å². The number of halogens is 2. The Hall–Kier alpha value is -2.50. The third-order valence-corrected chi connectivity index (χ3v) is 6.78. The van der Waals surface area contributed by atoms with Gasteiger partial charge in [0.1, 0.15) is 5.82 Å². The molecule has 5 nitrogen and oxygen atoms in total. The summed E-state index contributed by atoms with van der Waals surface area (Å²) in [6.07, 6.45) is 2.42. The first-order chi connectivity index (χ1) is 15.0. The molecule has 1 amide bonds. The number of H-pyrrole nitrogens is 1. The highest BCUT2D eigenvalue weighted by Crippen LogP contribution is 2.38. The molecule has 1 fully saturated rings. The number of aryl methyl sites for hydroxylation is 1. The quantitative estimate of drug-likeness (QED) is 0.556. The second-order valence-electron chi connectivity index (χ2n) is 8.29. The third kappa shape index (κ3) is 3.92. The van der Waals surface area contributed by atoms with E-state index in [-0.39, 0.29) is 11.8 Å². The maximum atomic E-state index is 13.6. The van der Waals surface area contributed by atoms with Gasteiger partial charge < -0.3 is 14.8 Å². The summed E-state index contributed by atoms with van der Waals surface area (Å²) < 4.78 is 0. The zero-order chi connectivity index (χ0) is 21.5. The number of aromatic nitrogens is 2. The molecule has 1 aromatic heterocycles. The van der Waals surface area contributed by atoms with E-state index in [0.29, 0.717) is 11.6 Å². The van der Waals surface area contributed by atoms with Crippen LogP contribution in [0.4, 0.5) is 11.4 Å². The molecule has 0 bridgehead atoms. The fourth-order valence-corrected chi connectivity index (χ4v) is 5.01. The number of fused-ring (bicyclic) bond motifs is 3. The van der Waals surface area contributed by atoms with Crippen molar-refractivity contribution in [1.82, 2.24) is 9.97 Å². The molecule has 31 heavy (non-hydrogen) atoms. The zero-order valence-corrected chi connectivity index (χ0v) is 18.9. The number of hydrogen-bond donors (Lipinski definition) is 1. The van der Waals surface area contributed by atoms with Crippen molar-refractivity contribution >= 4 is 40.5 Å². The van der Waals surface area contributed by atoms with Crippen molar-refractivity contribution in [1.29, 1.82) is 0 Å². The SMILES string of the molecule is Cc1nc2c([nH]1)CCN(C(=O)C1CCN(c3ccc(Cl)cc3)CC1)c1ccc(Cl)cc1-2. The van der Waals surface area contributed by atoms with Crippen molar-refractivity contribution in [2.45, 2.75) is 26.2 Å². The molecule has 3 aromatic rings. The highest BCUT2D eigenvalue weighted by molar-refractivity contribution is 6.31. The van der Waals surface area contributed by atoms with Crippen LogP contribution in [0.25, 0.3) is 11.3 Å². The Morgan fingerprint density at radius 2 is 1.74 bits per heavy atom. The first kappa shape index (κ1) is 20.4. The van der Waals surface area contributed by atoms with Gasteiger partial charge in [0.25, 0.3) is 0 Å².